The van der Waals surface area contributed by atoms with Gasteiger partial charge in [0, 0.05) is 11.3 Å². The van der Waals surface area contributed by atoms with Gasteiger partial charge in [0.1, 0.15) is 11.6 Å². The van der Waals surface area contributed by atoms with Crippen LogP contribution in [0.5, 0.6) is 5.75 Å². The van der Waals surface area contributed by atoms with Gasteiger partial charge >= 0.3 is 0 Å². The van der Waals surface area contributed by atoms with Gasteiger partial charge in [0.05, 0.1) is 7.11 Å². The monoisotopic (exact) mass is 218 g/mol. The highest BCUT2D eigenvalue weighted by molar-refractivity contribution is 5.99. The number of nitrogens with two attached hydrogens (primary N) is 1. The topological polar surface area (TPSA) is 47.6 Å². The van der Waals surface area contributed by atoms with Crippen LogP contribution in [-0.2, 0) is 0 Å². The van der Waals surface area contributed by atoms with Gasteiger partial charge in [-0.05, 0) is 44.0 Å². The Labute approximate surface area is 96.6 Å². The van der Waals surface area contributed by atoms with Crippen LogP contribution in [0.2, 0.25) is 0 Å². The third kappa shape index (κ3) is 2.63. The molecule has 0 aromatic heterocycles. The normalized spacial score (nSPS) is 11.4. The van der Waals surface area contributed by atoms with E-state index < -0.39 is 0 Å². The molecule has 0 spiro atoms. The molecular formula is C13H18N2O. The fraction of sp³-hybridized carbons (Fsp3) is 0.308. The fourth-order valence-corrected chi connectivity index (χ4v) is 1.55. The molecule has 3 heteroatoms. The van der Waals surface area contributed by atoms with Gasteiger partial charge in [-0.3, -0.25) is 0 Å². The van der Waals surface area contributed by atoms with Crippen molar-refractivity contribution in [1.29, 1.82) is 0 Å². The number of aliphatic imine (C=N–C) groups is 1. The summed E-state index contributed by atoms with van der Waals surface area (Å²) in [5.74, 6) is 1.36. The van der Waals surface area contributed by atoms with Crippen LogP contribution in [0.1, 0.15) is 23.6 Å². The Balaban J connectivity index is 3.26. The minimum absolute atomic E-state index is 0.496. The molecule has 0 saturated carbocycles. The van der Waals surface area contributed by atoms with Crippen molar-refractivity contribution in [1.82, 2.24) is 0 Å². The van der Waals surface area contributed by atoms with E-state index in [0.29, 0.717) is 11.5 Å². The predicted molar refractivity (Wildman–Crippen MR) is 68.0 cm³/mol. The SMILES string of the molecule is C=C(C)N=C(N)c1cc(C)c(OC)cc1C. The van der Waals surface area contributed by atoms with E-state index in [9.17, 15) is 0 Å². The lowest BCUT2D eigenvalue weighted by molar-refractivity contribution is 0.411. The molecule has 0 fully saturated rings. The van der Waals surface area contributed by atoms with Crippen molar-refractivity contribution >= 4 is 5.84 Å². The molecule has 2 N–H and O–H groups in total. The number of hydrogen-bond acceptors (Lipinski definition) is 2. The first-order valence-electron chi connectivity index (χ1n) is 5.11. The number of hydrogen-bond donors (Lipinski definition) is 1. The number of amidine groups is 1. The fourth-order valence-electron chi connectivity index (χ4n) is 1.55. The smallest absolute Gasteiger partial charge is 0.131 e. The minimum atomic E-state index is 0.496. The molecule has 86 valence electrons. The number of rotatable bonds is 3. The molecule has 0 amide bonds. The van der Waals surface area contributed by atoms with E-state index in [1.54, 1.807) is 7.11 Å². The van der Waals surface area contributed by atoms with Crippen LogP contribution in [0.25, 0.3) is 0 Å². The summed E-state index contributed by atoms with van der Waals surface area (Å²) in [5, 5.41) is 0. The van der Waals surface area contributed by atoms with Gasteiger partial charge < -0.3 is 10.5 Å². The Morgan fingerprint density at radius 1 is 1.31 bits per heavy atom. The van der Waals surface area contributed by atoms with Crippen LogP contribution in [0.4, 0.5) is 0 Å². The van der Waals surface area contributed by atoms with Crippen LogP contribution in [0.15, 0.2) is 29.4 Å². The molecule has 0 bridgehead atoms. The van der Waals surface area contributed by atoms with Crippen LogP contribution in [0, 0.1) is 13.8 Å². The number of ether oxygens (including phenoxy) is 1. The largest absolute Gasteiger partial charge is 0.496 e. The zero-order valence-corrected chi connectivity index (χ0v) is 10.3. The van der Waals surface area contributed by atoms with Crippen molar-refractivity contribution < 1.29 is 4.74 Å². The molecule has 1 aromatic carbocycles. The van der Waals surface area contributed by atoms with E-state index in [2.05, 4.69) is 11.6 Å². The summed E-state index contributed by atoms with van der Waals surface area (Å²) in [5.41, 5.74) is 9.63. The number of benzene rings is 1. The zero-order valence-electron chi connectivity index (χ0n) is 10.3. The van der Waals surface area contributed by atoms with Crippen LogP contribution in [0.3, 0.4) is 0 Å². The van der Waals surface area contributed by atoms with Crippen molar-refractivity contribution in [3.05, 3.63) is 41.1 Å². The Morgan fingerprint density at radius 2 is 1.94 bits per heavy atom. The second kappa shape index (κ2) is 4.84. The third-order valence-electron chi connectivity index (χ3n) is 2.33. The number of aryl methyl sites for hydroxylation is 2. The predicted octanol–water partition coefficient (Wildman–Crippen LogP) is 2.55. The van der Waals surface area contributed by atoms with E-state index in [4.69, 9.17) is 10.5 Å². The summed E-state index contributed by atoms with van der Waals surface area (Å²) in [6.45, 7) is 9.50. The van der Waals surface area contributed by atoms with Crippen LogP contribution >= 0.6 is 0 Å². The van der Waals surface area contributed by atoms with Crippen molar-refractivity contribution in [3.8, 4) is 5.75 Å². The summed E-state index contributed by atoms with van der Waals surface area (Å²) in [6.07, 6.45) is 0. The lowest BCUT2D eigenvalue weighted by atomic mass is 10.0. The Kier molecular flexibility index (Phi) is 3.72. The van der Waals surface area contributed by atoms with Crippen molar-refractivity contribution in [3.63, 3.8) is 0 Å². The minimum Gasteiger partial charge on any atom is -0.496 e. The highest BCUT2D eigenvalue weighted by Gasteiger charge is 2.07. The van der Waals surface area contributed by atoms with Crippen molar-refractivity contribution in [2.75, 3.05) is 7.11 Å². The lowest BCUT2D eigenvalue weighted by Crippen LogP contribution is -2.15. The maximum Gasteiger partial charge on any atom is 0.131 e. The molecule has 0 saturated heterocycles. The first kappa shape index (κ1) is 12.3. The Morgan fingerprint density at radius 3 is 2.44 bits per heavy atom. The number of nitrogens with zero attached hydrogens (tertiary/aromatic N) is 1. The zero-order chi connectivity index (χ0) is 12.3. The van der Waals surface area contributed by atoms with Crippen LogP contribution in [-0.4, -0.2) is 12.9 Å². The molecule has 1 rings (SSSR count). The summed E-state index contributed by atoms with van der Waals surface area (Å²) >= 11 is 0. The van der Waals surface area contributed by atoms with Crippen molar-refractivity contribution in [2.45, 2.75) is 20.8 Å². The summed E-state index contributed by atoms with van der Waals surface area (Å²) in [4.78, 5) is 4.16. The van der Waals surface area contributed by atoms with E-state index in [1.165, 1.54) is 0 Å². The Bertz CT molecular complexity index is 447. The molecule has 0 unspecified atom stereocenters. The molecule has 3 nitrogen and oxygen atoms in total. The van der Waals surface area contributed by atoms with Gasteiger partial charge in [-0.25, -0.2) is 4.99 Å². The van der Waals surface area contributed by atoms with Gasteiger partial charge in [0.15, 0.2) is 0 Å². The van der Waals surface area contributed by atoms with Gasteiger partial charge in [-0.15, -0.1) is 0 Å². The van der Waals surface area contributed by atoms with Gasteiger partial charge in [-0.1, -0.05) is 6.58 Å². The second-order valence-electron chi connectivity index (χ2n) is 3.87. The molecule has 0 aliphatic heterocycles. The number of methoxy groups -OCH3 is 1. The number of allylic oxidation sites excluding steroid dienone is 1. The second-order valence-corrected chi connectivity index (χ2v) is 3.87. The average Bonchev–Trinajstić information content (AvgIpc) is 2.19. The van der Waals surface area contributed by atoms with Gasteiger partial charge in [0.25, 0.3) is 0 Å². The molecule has 0 aliphatic carbocycles. The maximum absolute atomic E-state index is 5.91. The van der Waals surface area contributed by atoms with E-state index in [-0.39, 0.29) is 0 Å². The summed E-state index contributed by atoms with van der Waals surface area (Å²) in [6, 6.07) is 3.95. The quantitative estimate of drug-likeness (QED) is 0.626. The highest BCUT2D eigenvalue weighted by Crippen LogP contribution is 2.22. The van der Waals surface area contributed by atoms with E-state index >= 15 is 0 Å². The summed E-state index contributed by atoms with van der Waals surface area (Å²) < 4.78 is 5.24. The summed E-state index contributed by atoms with van der Waals surface area (Å²) in [7, 11) is 1.66. The molecule has 16 heavy (non-hydrogen) atoms. The van der Waals surface area contributed by atoms with Crippen molar-refractivity contribution in [2.24, 2.45) is 10.7 Å². The lowest BCUT2D eigenvalue weighted by Gasteiger charge is -2.10. The standard InChI is InChI=1S/C13H18N2O/c1-8(2)15-13(14)11-6-10(4)12(16-5)7-9(11)3/h6-7H,1H2,2-5H3,(H2,14,15). The molecule has 0 atom stereocenters. The molecule has 1 aromatic rings. The third-order valence-corrected chi connectivity index (χ3v) is 2.33. The van der Waals surface area contributed by atoms with E-state index in [1.807, 2.05) is 32.9 Å². The maximum atomic E-state index is 5.91. The first-order valence-corrected chi connectivity index (χ1v) is 5.11. The Hall–Kier alpha value is -1.77. The molecule has 0 radical (unpaired) electrons. The van der Waals surface area contributed by atoms with E-state index in [0.717, 1.165) is 22.4 Å². The first-order chi connectivity index (χ1) is 7.45. The molecular weight excluding hydrogens is 200 g/mol. The van der Waals surface area contributed by atoms with Gasteiger partial charge in [0.2, 0.25) is 0 Å². The van der Waals surface area contributed by atoms with Crippen LogP contribution < -0.4 is 10.5 Å². The average molecular weight is 218 g/mol. The molecule has 0 heterocycles. The van der Waals surface area contributed by atoms with Gasteiger partial charge in [-0.2, -0.15) is 0 Å². The molecule has 0 aliphatic rings. The highest BCUT2D eigenvalue weighted by atomic mass is 16.5.